The zero-order chi connectivity index (χ0) is 8.97. The molecule has 0 bridgehead atoms. The van der Waals surface area contributed by atoms with Crippen molar-refractivity contribution in [3.05, 3.63) is 11.1 Å². The van der Waals surface area contributed by atoms with Crippen LogP contribution in [0.2, 0.25) is 0 Å². The highest BCUT2D eigenvalue weighted by atomic mass is 79.9. The fourth-order valence-corrected chi connectivity index (χ4v) is 1.87. The van der Waals surface area contributed by atoms with Crippen LogP contribution in [0.1, 0.15) is 19.3 Å². The summed E-state index contributed by atoms with van der Waals surface area (Å²) in [5.74, 6) is 0. The van der Waals surface area contributed by atoms with E-state index in [1.807, 2.05) is 0 Å². The predicted molar refractivity (Wildman–Crippen MR) is 52.9 cm³/mol. The summed E-state index contributed by atoms with van der Waals surface area (Å²) in [5, 5.41) is 8.84. The third-order valence-electron chi connectivity index (χ3n) is 2.14. The molecule has 2 nitrogen and oxygen atoms in total. The number of nitriles is 1. The summed E-state index contributed by atoms with van der Waals surface area (Å²) in [6.07, 6.45) is 3.40. The maximum Gasteiger partial charge on any atom is 0.0980 e. The lowest BCUT2D eigenvalue weighted by Crippen LogP contribution is -2.39. The lowest BCUT2D eigenvalue weighted by atomic mass is 10.0. The Morgan fingerprint density at radius 3 is 3.00 bits per heavy atom. The second-order valence-corrected chi connectivity index (χ2v) is 4.25. The Morgan fingerprint density at radius 2 is 2.42 bits per heavy atom. The molecule has 1 heterocycles. The van der Waals surface area contributed by atoms with E-state index in [1.54, 1.807) is 0 Å². The summed E-state index contributed by atoms with van der Waals surface area (Å²) in [5.41, 5.74) is 0. The Morgan fingerprint density at radius 1 is 1.67 bits per heavy atom. The van der Waals surface area contributed by atoms with Gasteiger partial charge in [-0.2, -0.15) is 5.26 Å². The molecule has 1 rings (SSSR count). The molecule has 1 fully saturated rings. The summed E-state index contributed by atoms with van der Waals surface area (Å²) in [7, 11) is 0. The summed E-state index contributed by atoms with van der Waals surface area (Å²) in [4.78, 5) is 2.18. The summed E-state index contributed by atoms with van der Waals surface area (Å²) >= 11 is 3.32. The topological polar surface area (TPSA) is 27.0 Å². The van der Waals surface area contributed by atoms with Crippen molar-refractivity contribution >= 4 is 15.9 Å². The largest absolute Gasteiger partial charge is 0.283 e. The van der Waals surface area contributed by atoms with Gasteiger partial charge in [-0.15, -0.1) is 0 Å². The molecule has 12 heavy (non-hydrogen) atoms. The van der Waals surface area contributed by atoms with E-state index >= 15 is 0 Å². The molecule has 1 saturated heterocycles. The Kier molecular flexibility index (Phi) is 3.77. The number of piperidine rings is 1. The van der Waals surface area contributed by atoms with Crippen LogP contribution < -0.4 is 0 Å². The first-order valence-electron chi connectivity index (χ1n) is 4.21. The van der Waals surface area contributed by atoms with Crippen LogP contribution in [0.15, 0.2) is 11.1 Å². The van der Waals surface area contributed by atoms with E-state index in [-0.39, 0.29) is 6.04 Å². The van der Waals surface area contributed by atoms with Crippen molar-refractivity contribution in [2.75, 3.05) is 13.1 Å². The van der Waals surface area contributed by atoms with Gasteiger partial charge < -0.3 is 0 Å². The first kappa shape index (κ1) is 9.76. The summed E-state index contributed by atoms with van der Waals surface area (Å²) < 4.78 is 0.963. The highest BCUT2D eigenvalue weighted by Gasteiger charge is 2.21. The number of hydrogen-bond donors (Lipinski definition) is 0. The molecule has 0 spiro atoms. The van der Waals surface area contributed by atoms with Crippen LogP contribution in [0.25, 0.3) is 0 Å². The molecule has 0 aromatic rings. The van der Waals surface area contributed by atoms with E-state index in [4.69, 9.17) is 5.26 Å². The minimum Gasteiger partial charge on any atom is -0.283 e. The number of nitrogens with zero attached hydrogens (tertiary/aromatic N) is 2. The van der Waals surface area contributed by atoms with Crippen LogP contribution in [-0.4, -0.2) is 24.0 Å². The van der Waals surface area contributed by atoms with Gasteiger partial charge in [0.1, 0.15) is 0 Å². The van der Waals surface area contributed by atoms with Gasteiger partial charge in [-0.25, -0.2) is 0 Å². The lowest BCUT2D eigenvalue weighted by molar-refractivity contribution is 0.203. The van der Waals surface area contributed by atoms with Crippen LogP contribution in [0.3, 0.4) is 0 Å². The van der Waals surface area contributed by atoms with Crippen molar-refractivity contribution in [2.45, 2.75) is 25.3 Å². The van der Waals surface area contributed by atoms with Gasteiger partial charge in [0.25, 0.3) is 0 Å². The molecule has 0 saturated carbocycles. The molecule has 1 aliphatic heterocycles. The van der Waals surface area contributed by atoms with Gasteiger partial charge in [0.2, 0.25) is 0 Å². The Labute approximate surface area is 82.0 Å². The third-order valence-corrected chi connectivity index (χ3v) is 2.39. The highest BCUT2D eigenvalue weighted by Crippen LogP contribution is 2.18. The second kappa shape index (κ2) is 4.64. The van der Waals surface area contributed by atoms with Crippen molar-refractivity contribution in [3.63, 3.8) is 0 Å². The number of likely N-dealkylation sites (tertiary alicyclic amines) is 1. The molecule has 0 aromatic carbocycles. The SMILES string of the molecule is C=C(Br)CN1CCCCC1C#N. The van der Waals surface area contributed by atoms with Gasteiger partial charge >= 0.3 is 0 Å². The van der Waals surface area contributed by atoms with Gasteiger partial charge in [-0.3, -0.25) is 4.90 Å². The Hall–Kier alpha value is -0.330. The second-order valence-electron chi connectivity index (χ2n) is 3.13. The van der Waals surface area contributed by atoms with E-state index < -0.39 is 0 Å². The van der Waals surface area contributed by atoms with Gasteiger partial charge in [0.15, 0.2) is 0 Å². The summed E-state index contributed by atoms with van der Waals surface area (Å²) in [6.45, 7) is 5.62. The van der Waals surface area contributed by atoms with Crippen molar-refractivity contribution in [1.82, 2.24) is 4.90 Å². The summed E-state index contributed by atoms with van der Waals surface area (Å²) in [6, 6.07) is 2.43. The fraction of sp³-hybridized carbons (Fsp3) is 0.667. The maximum atomic E-state index is 8.84. The smallest absolute Gasteiger partial charge is 0.0980 e. The molecule has 1 atom stereocenters. The van der Waals surface area contributed by atoms with Crippen LogP contribution in [0.5, 0.6) is 0 Å². The molecule has 0 amide bonds. The van der Waals surface area contributed by atoms with Gasteiger partial charge in [0, 0.05) is 11.0 Å². The lowest BCUT2D eigenvalue weighted by Gasteiger charge is -2.30. The quantitative estimate of drug-likeness (QED) is 0.726. The average Bonchev–Trinajstić information content (AvgIpc) is 2.04. The number of hydrogen-bond acceptors (Lipinski definition) is 2. The first-order valence-corrected chi connectivity index (χ1v) is 5.00. The predicted octanol–water partition coefficient (Wildman–Crippen LogP) is 2.27. The molecule has 3 heteroatoms. The Balaban J connectivity index is 2.48. The van der Waals surface area contributed by atoms with Crippen LogP contribution in [0.4, 0.5) is 0 Å². The minimum absolute atomic E-state index is 0.105. The van der Waals surface area contributed by atoms with Crippen molar-refractivity contribution in [1.29, 1.82) is 5.26 Å². The van der Waals surface area contributed by atoms with Gasteiger partial charge in [0.05, 0.1) is 12.1 Å². The van der Waals surface area contributed by atoms with Gasteiger partial charge in [-0.1, -0.05) is 22.5 Å². The monoisotopic (exact) mass is 228 g/mol. The number of rotatable bonds is 2. The third kappa shape index (κ3) is 2.62. The highest BCUT2D eigenvalue weighted by molar-refractivity contribution is 9.11. The van der Waals surface area contributed by atoms with Crippen molar-refractivity contribution in [3.8, 4) is 6.07 Å². The van der Waals surface area contributed by atoms with E-state index in [9.17, 15) is 0 Å². The Bertz CT molecular complexity index is 207. The molecule has 0 radical (unpaired) electrons. The average molecular weight is 229 g/mol. The zero-order valence-corrected chi connectivity index (χ0v) is 8.68. The van der Waals surface area contributed by atoms with Crippen LogP contribution in [-0.2, 0) is 0 Å². The molecule has 0 aliphatic carbocycles. The van der Waals surface area contributed by atoms with Crippen molar-refractivity contribution in [2.24, 2.45) is 0 Å². The molecule has 1 unspecified atom stereocenters. The number of halogens is 1. The molecule has 66 valence electrons. The van der Waals surface area contributed by atoms with Crippen LogP contribution in [0, 0.1) is 11.3 Å². The standard InChI is InChI=1S/C9H13BrN2/c1-8(10)7-12-5-3-2-4-9(12)6-11/h9H,1-5,7H2. The molecule has 0 aromatic heterocycles. The molecule has 1 aliphatic rings. The van der Waals surface area contributed by atoms with Crippen LogP contribution >= 0.6 is 15.9 Å². The normalized spacial score (nSPS) is 24.8. The first-order chi connectivity index (χ1) is 5.74. The fourth-order valence-electron chi connectivity index (χ4n) is 1.55. The molecular formula is C9H13BrN2. The van der Waals surface area contributed by atoms with E-state index in [0.29, 0.717) is 0 Å². The maximum absolute atomic E-state index is 8.84. The minimum atomic E-state index is 0.105. The van der Waals surface area contributed by atoms with E-state index in [2.05, 4.69) is 33.5 Å². The van der Waals surface area contributed by atoms with Gasteiger partial charge in [-0.05, 0) is 25.8 Å². The van der Waals surface area contributed by atoms with E-state index in [0.717, 1.165) is 24.0 Å². The molecular weight excluding hydrogens is 216 g/mol. The van der Waals surface area contributed by atoms with E-state index in [1.165, 1.54) is 12.8 Å². The zero-order valence-electron chi connectivity index (χ0n) is 7.09. The molecule has 0 N–H and O–H groups in total. The van der Waals surface area contributed by atoms with Crippen molar-refractivity contribution < 1.29 is 0 Å².